The second kappa shape index (κ2) is 7.37. The maximum absolute atomic E-state index is 14.1. The number of hydrogen-bond acceptors (Lipinski definition) is 2. The van der Waals surface area contributed by atoms with Crippen molar-refractivity contribution in [3.05, 3.63) is 29.6 Å². The Morgan fingerprint density at radius 2 is 2.06 bits per heavy atom. The maximum Gasteiger partial charge on any atom is 0.146 e. The highest BCUT2D eigenvalue weighted by Gasteiger charge is 2.16. The topological polar surface area (TPSA) is 15.3 Å². The lowest BCUT2D eigenvalue weighted by Crippen LogP contribution is -2.25. The van der Waals surface area contributed by atoms with Crippen LogP contribution in [0.25, 0.3) is 0 Å². The van der Waals surface area contributed by atoms with E-state index in [-0.39, 0.29) is 11.9 Å². The number of anilines is 1. The zero-order valence-corrected chi connectivity index (χ0v) is 12.0. The molecule has 1 unspecified atom stereocenters. The summed E-state index contributed by atoms with van der Waals surface area (Å²) in [5.74, 6) is -0.129. The van der Waals surface area contributed by atoms with Crippen LogP contribution in [0.4, 0.5) is 10.1 Å². The fourth-order valence-corrected chi connectivity index (χ4v) is 2.21. The van der Waals surface area contributed by atoms with Crippen LogP contribution in [0, 0.1) is 5.82 Å². The summed E-state index contributed by atoms with van der Waals surface area (Å²) in [6.07, 6.45) is 2.21. The summed E-state index contributed by atoms with van der Waals surface area (Å²) in [4.78, 5) is 2.03. The summed E-state index contributed by atoms with van der Waals surface area (Å²) in [6.45, 7) is 8.07. The Morgan fingerprint density at radius 1 is 1.33 bits per heavy atom. The molecule has 0 radical (unpaired) electrons. The number of nitrogens with one attached hydrogen (secondary N) is 1. The molecule has 0 bridgehead atoms. The van der Waals surface area contributed by atoms with E-state index < -0.39 is 0 Å². The molecule has 1 atom stereocenters. The molecule has 102 valence electrons. The van der Waals surface area contributed by atoms with Gasteiger partial charge in [0.1, 0.15) is 5.82 Å². The first kappa shape index (κ1) is 15.0. The molecule has 1 rings (SSSR count). The van der Waals surface area contributed by atoms with E-state index in [1.807, 2.05) is 18.0 Å². The second-order valence-electron chi connectivity index (χ2n) is 4.73. The summed E-state index contributed by atoms with van der Waals surface area (Å²) in [6, 6.07) is 5.51. The number of rotatable bonds is 7. The molecule has 1 aromatic carbocycles. The molecular weight excluding hydrogens is 227 g/mol. The predicted molar refractivity (Wildman–Crippen MR) is 76.7 cm³/mol. The van der Waals surface area contributed by atoms with Crippen LogP contribution in [0.3, 0.4) is 0 Å². The minimum atomic E-state index is -0.129. The van der Waals surface area contributed by atoms with Crippen LogP contribution in [-0.4, -0.2) is 20.1 Å². The van der Waals surface area contributed by atoms with E-state index in [1.165, 1.54) is 0 Å². The number of nitrogens with zero attached hydrogens (tertiary/aromatic N) is 1. The van der Waals surface area contributed by atoms with Crippen molar-refractivity contribution in [1.82, 2.24) is 5.32 Å². The lowest BCUT2D eigenvalue weighted by atomic mass is 10.0. The fourth-order valence-electron chi connectivity index (χ4n) is 2.21. The normalized spacial score (nSPS) is 12.5. The van der Waals surface area contributed by atoms with Crippen LogP contribution in [0.5, 0.6) is 0 Å². The molecule has 0 aliphatic rings. The highest BCUT2D eigenvalue weighted by atomic mass is 19.1. The van der Waals surface area contributed by atoms with Crippen molar-refractivity contribution in [3.63, 3.8) is 0 Å². The molecule has 0 aromatic heterocycles. The van der Waals surface area contributed by atoms with E-state index in [9.17, 15) is 4.39 Å². The highest BCUT2D eigenvalue weighted by molar-refractivity contribution is 5.55. The largest absolute Gasteiger partial charge is 0.372 e. The maximum atomic E-state index is 14.1. The van der Waals surface area contributed by atoms with Gasteiger partial charge in [-0.3, -0.25) is 0 Å². The van der Waals surface area contributed by atoms with Crippen molar-refractivity contribution in [3.8, 4) is 0 Å². The van der Waals surface area contributed by atoms with Gasteiger partial charge in [0.25, 0.3) is 0 Å². The fraction of sp³-hybridized carbons (Fsp3) is 0.600. The Balaban J connectivity index is 2.99. The van der Waals surface area contributed by atoms with E-state index in [1.54, 1.807) is 12.1 Å². The molecule has 0 saturated heterocycles. The van der Waals surface area contributed by atoms with Gasteiger partial charge in [-0.05, 0) is 31.5 Å². The number of benzene rings is 1. The van der Waals surface area contributed by atoms with E-state index in [0.29, 0.717) is 0 Å². The lowest BCUT2D eigenvalue weighted by molar-refractivity contribution is 0.578. The Bertz CT molecular complexity index is 366. The van der Waals surface area contributed by atoms with Crippen LogP contribution < -0.4 is 10.2 Å². The van der Waals surface area contributed by atoms with E-state index in [2.05, 4.69) is 26.1 Å². The SMILES string of the molecule is CCCCN(C)c1c(F)cccc1C(C)NCC. The van der Waals surface area contributed by atoms with Crippen LogP contribution in [0.2, 0.25) is 0 Å². The first-order valence-corrected chi connectivity index (χ1v) is 6.84. The van der Waals surface area contributed by atoms with Gasteiger partial charge in [0.2, 0.25) is 0 Å². The van der Waals surface area contributed by atoms with Gasteiger partial charge in [-0.2, -0.15) is 0 Å². The van der Waals surface area contributed by atoms with Crippen molar-refractivity contribution >= 4 is 5.69 Å². The molecule has 3 heteroatoms. The average molecular weight is 252 g/mol. The van der Waals surface area contributed by atoms with Crippen LogP contribution in [0.1, 0.15) is 45.2 Å². The molecule has 0 heterocycles. The van der Waals surface area contributed by atoms with Crippen molar-refractivity contribution in [1.29, 1.82) is 0 Å². The molecule has 0 aliphatic carbocycles. The molecule has 1 N–H and O–H groups in total. The third-order valence-electron chi connectivity index (χ3n) is 3.22. The Hall–Kier alpha value is -1.09. The smallest absolute Gasteiger partial charge is 0.146 e. The van der Waals surface area contributed by atoms with E-state index in [4.69, 9.17) is 0 Å². The lowest BCUT2D eigenvalue weighted by Gasteiger charge is -2.26. The number of halogens is 1. The summed E-state index contributed by atoms with van der Waals surface area (Å²) in [5, 5.41) is 3.35. The predicted octanol–water partition coefficient (Wildman–Crippen LogP) is 3.73. The minimum absolute atomic E-state index is 0.129. The Morgan fingerprint density at radius 3 is 2.67 bits per heavy atom. The third-order valence-corrected chi connectivity index (χ3v) is 3.22. The average Bonchev–Trinajstić information content (AvgIpc) is 2.35. The second-order valence-corrected chi connectivity index (χ2v) is 4.73. The number of unbranched alkanes of at least 4 members (excludes halogenated alkanes) is 1. The monoisotopic (exact) mass is 252 g/mol. The zero-order chi connectivity index (χ0) is 13.5. The quantitative estimate of drug-likeness (QED) is 0.795. The molecule has 0 spiro atoms. The first-order chi connectivity index (χ1) is 8.61. The van der Waals surface area contributed by atoms with Gasteiger partial charge in [-0.25, -0.2) is 4.39 Å². The molecular formula is C15H25FN2. The zero-order valence-electron chi connectivity index (χ0n) is 12.0. The standard InChI is InChI=1S/C15H25FN2/c1-5-7-11-18(4)15-13(12(3)17-6-2)9-8-10-14(15)16/h8-10,12,17H,5-7,11H2,1-4H3. The van der Waals surface area contributed by atoms with E-state index in [0.717, 1.165) is 37.2 Å². The van der Waals surface area contributed by atoms with Gasteiger partial charge in [-0.15, -0.1) is 0 Å². The highest BCUT2D eigenvalue weighted by Crippen LogP contribution is 2.28. The first-order valence-electron chi connectivity index (χ1n) is 6.84. The van der Waals surface area contributed by atoms with Crippen LogP contribution in [-0.2, 0) is 0 Å². The third kappa shape index (κ3) is 3.70. The Labute approximate surface area is 110 Å². The van der Waals surface area contributed by atoms with Gasteiger partial charge >= 0.3 is 0 Å². The van der Waals surface area contributed by atoms with Gasteiger partial charge in [0.15, 0.2) is 0 Å². The summed E-state index contributed by atoms with van der Waals surface area (Å²) in [7, 11) is 1.97. The van der Waals surface area contributed by atoms with Gasteiger partial charge in [-0.1, -0.05) is 32.4 Å². The molecule has 0 fully saturated rings. The van der Waals surface area contributed by atoms with Gasteiger partial charge in [0.05, 0.1) is 5.69 Å². The minimum Gasteiger partial charge on any atom is -0.372 e. The number of hydrogen-bond donors (Lipinski definition) is 1. The summed E-state index contributed by atoms with van der Waals surface area (Å²) in [5.41, 5.74) is 1.77. The van der Waals surface area contributed by atoms with Crippen LogP contribution in [0.15, 0.2) is 18.2 Å². The van der Waals surface area contributed by atoms with Crippen molar-refractivity contribution in [2.24, 2.45) is 0 Å². The number of para-hydroxylation sites is 1. The molecule has 0 aliphatic heterocycles. The Kier molecular flexibility index (Phi) is 6.13. The molecule has 1 aromatic rings. The van der Waals surface area contributed by atoms with E-state index >= 15 is 0 Å². The summed E-state index contributed by atoms with van der Waals surface area (Å²) < 4.78 is 14.1. The molecule has 0 saturated carbocycles. The molecule has 18 heavy (non-hydrogen) atoms. The molecule has 2 nitrogen and oxygen atoms in total. The van der Waals surface area contributed by atoms with Gasteiger partial charge in [0, 0.05) is 19.6 Å². The van der Waals surface area contributed by atoms with Crippen LogP contribution >= 0.6 is 0 Å². The molecule has 0 amide bonds. The summed E-state index contributed by atoms with van der Waals surface area (Å²) >= 11 is 0. The van der Waals surface area contributed by atoms with Gasteiger partial charge < -0.3 is 10.2 Å². The van der Waals surface area contributed by atoms with Crippen molar-refractivity contribution in [2.75, 3.05) is 25.0 Å². The van der Waals surface area contributed by atoms with Crippen molar-refractivity contribution in [2.45, 2.75) is 39.7 Å². The van der Waals surface area contributed by atoms with Crippen molar-refractivity contribution < 1.29 is 4.39 Å².